The summed E-state index contributed by atoms with van der Waals surface area (Å²) in [6.07, 6.45) is 0. The molecule has 0 saturated heterocycles. The largest absolute Gasteiger partial charge is 0.497 e. The average molecular weight is 489 g/mol. The lowest BCUT2D eigenvalue weighted by Gasteiger charge is -2.14. The van der Waals surface area contributed by atoms with E-state index in [1.807, 2.05) is 55.5 Å². The van der Waals surface area contributed by atoms with Crippen molar-refractivity contribution < 1.29 is 23.7 Å². The van der Waals surface area contributed by atoms with E-state index in [-0.39, 0.29) is 5.82 Å². The summed E-state index contributed by atoms with van der Waals surface area (Å²) >= 11 is 0. The summed E-state index contributed by atoms with van der Waals surface area (Å²) in [4.78, 5) is 17.7. The van der Waals surface area contributed by atoms with Crippen LogP contribution in [0.2, 0.25) is 0 Å². The Morgan fingerprint density at radius 1 is 0.889 bits per heavy atom. The van der Waals surface area contributed by atoms with Crippen molar-refractivity contribution in [2.75, 3.05) is 28.4 Å². The number of aryl methyl sites for hydroxylation is 1. The Hall–Kier alpha value is -4.53. The topological polar surface area (TPSA) is 96.7 Å². The molecule has 0 atom stereocenters. The van der Waals surface area contributed by atoms with Crippen LogP contribution in [-0.2, 0) is 6.54 Å². The molecule has 9 heteroatoms. The third-order valence-electron chi connectivity index (χ3n) is 5.73. The minimum atomic E-state index is -0.395. The number of amides is 1. The van der Waals surface area contributed by atoms with Crippen molar-refractivity contribution in [3.63, 3.8) is 0 Å². The van der Waals surface area contributed by atoms with Crippen LogP contribution in [0.15, 0.2) is 60.7 Å². The SMILES string of the molecule is COc1cccc(-n2nc(C(=O)NCc3ccccc3C)nc2-c2cc(OC)c(OC)c(OC)c2)c1. The number of hydrogen-bond acceptors (Lipinski definition) is 7. The molecule has 1 heterocycles. The standard InChI is InChI=1S/C27H28N4O5/c1-17-9-6-7-10-18(17)16-28-27(32)25-29-26(31(30-25)20-11-8-12-21(15-20)33-2)19-13-22(34-3)24(36-5)23(14-19)35-4/h6-15H,16H2,1-5H3,(H,28,32). The van der Waals surface area contributed by atoms with Gasteiger partial charge in [-0.05, 0) is 42.3 Å². The highest BCUT2D eigenvalue weighted by Crippen LogP contribution is 2.41. The number of benzene rings is 3. The van der Waals surface area contributed by atoms with Crippen molar-refractivity contribution in [3.8, 4) is 40.1 Å². The highest BCUT2D eigenvalue weighted by Gasteiger charge is 2.22. The quantitative estimate of drug-likeness (QED) is 0.377. The van der Waals surface area contributed by atoms with Gasteiger partial charge in [-0.25, -0.2) is 9.67 Å². The van der Waals surface area contributed by atoms with E-state index in [1.54, 1.807) is 23.9 Å². The van der Waals surface area contributed by atoms with Gasteiger partial charge >= 0.3 is 0 Å². The lowest BCUT2D eigenvalue weighted by atomic mass is 10.1. The van der Waals surface area contributed by atoms with Gasteiger partial charge in [-0.3, -0.25) is 4.79 Å². The highest BCUT2D eigenvalue weighted by molar-refractivity contribution is 5.91. The molecule has 4 aromatic rings. The molecule has 0 unspecified atom stereocenters. The Morgan fingerprint density at radius 2 is 1.61 bits per heavy atom. The Balaban J connectivity index is 1.79. The second kappa shape index (κ2) is 10.8. The van der Waals surface area contributed by atoms with Crippen LogP contribution in [0.25, 0.3) is 17.1 Å². The van der Waals surface area contributed by atoms with Crippen molar-refractivity contribution in [2.45, 2.75) is 13.5 Å². The molecular weight excluding hydrogens is 460 g/mol. The van der Waals surface area contributed by atoms with E-state index in [9.17, 15) is 4.79 Å². The van der Waals surface area contributed by atoms with Crippen molar-refractivity contribution in [1.82, 2.24) is 20.1 Å². The molecule has 0 aliphatic carbocycles. The second-order valence-electron chi connectivity index (χ2n) is 7.90. The second-order valence-corrected chi connectivity index (χ2v) is 7.90. The predicted octanol–water partition coefficient (Wildman–Crippen LogP) is 4.21. The summed E-state index contributed by atoms with van der Waals surface area (Å²) in [7, 11) is 6.21. The number of ether oxygens (including phenoxy) is 4. The lowest BCUT2D eigenvalue weighted by Crippen LogP contribution is -2.24. The summed E-state index contributed by atoms with van der Waals surface area (Å²) in [6.45, 7) is 2.36. The van der Waals surface area contributed by atoms with Gasteiger partial charge in [0.15, 0.2) is 17.3 Å². The predicted molar refractivity (Wildman–Crippen MR) is 135 cm³/mol. The zero-order valence-corrected chi connectivity index (χ0v) is 20.9. The molecule has 0 bridgehead atoms. The summed E-state index contributed by atoms with van der Waals surface area (Å²) in [5, 5.41) is 7.46. The molecule has 0 saturated carbocycles. The number of carbonyl (C=O) groups excluding carboxylic acids is 1. The van der Waals surface area contributed by atoms with E-state index >= 15 is 0 Å². The van der Waals surface area contributed by atoms with Gasteiger partial charge in [0.1, 0.15) is 5.75 Å². The van der Waals surface area contributed by atoms with Gasteiger partial charge in [-0.2, -0.15) is 0 Å². The number of methoxy groups -OCH3 is 4. The molecule has 0 aliphatic heterocycles. The van der Waals surface area contributed by atoms with E-state index in [0.717, 1.165) is 11.1 Å². The van der Waals surface area contributed by atoms with Gasteiger partial charge in [-0.1, -0.05) is 30.3 Å². The normalized spacial score (nSPS) is 10.6. The molecule has 1 amide bonds. The van der Waals surface area contributed by atoms with Gasteiger partial charge < -0.3 is 24.3 Å². The van der Waals surface area contributed by atoms with Crippen molar-refractivity contribution in [2.24, 2.45) is 0 Å². The van der Waals surface area contributed by atoms with Crippen LogP contribution in [0, 0.1) is 6.92 Å². The van der Waals surface area contributed by atoms with E-state index < -0.39 is 5.91 Å². The van der Waals surface area contributed by atoms with E-state index in [4.69, 9.17) is 18.9 Å². The summed E-state index contributed by atoms with van der Waals surface area (Å²) in [5.74, 6) is 2.05. The minimum absolute atomic E-state index is 0.0233. The maximum absolute atomic E-state index is 13.1. The Kier molecular flexibility index (Phi) is 7.39. The van der Waals surface area contributed by atoms with Crippen molar-refractivity contribution >= 4 is 5.91 Å². The molecule has 4 rings (SSSR count). The zero-order chi connectivity index (χ0) is 25.7. The fourth-order valence-corrected chi connectivity index (χ4v) is 3.79. The van der Waals surface area contributed by atoms with Crippen LogP contribution in [0.1, 0.15) is 21.7 Å². The smallest absolute Gasteiger partial charge is 0.291 e. The van der Waals surface area contributed by atoms with E-state index in [2.05, 4.69) is 15.4 Å². The molecule has 3 aromatic carbocycles. The van der Waals surface area contributed by atoms with Crippen LogP contribution >= 0.6 is 0 Å². The van der Waals surface area contributed by atoms with Crippen LogP contribution in [0.3, 0.4) is 0 Å². The number of nitrogens with one attached hydrogen (secondary N) is 1. The van der Waals surface area contributed by atoms with Gasteiger partial charge in [0.25, 0.3) is 5.91 Å². The third-order valence-corrected chi connectivity index (χ3v) is 5.73. The fraction of sp³-hybridized carbons (Fsp3) is 0.222. The molecule has 186 valence electrons. The zero-order valence-electron chi connectivity index (χ0n) is 20.9. The first-order chi connectivity index (χ1) is 17.5. The van der Waals surface area contributed by atoms with Gasteiger partial charge in [0, 0.05) is 18.2 Å². The number of nitrogens with zero attached hydrogens (tertiary/aromatic N) is 3. The van der Waals surface area contributed by atoms with Crippen LogP contribution in [0.4, 0.5) is 0 Å². The highest BCUT2D eigenvalue weighted by atomic mass is 16.5. The first kappa shape index (κ1) is 24.6. The molecule has 1 N–H and O–H groups in total. The van der Waals surface area contributed by atoms with E-state index in [0.29, 0.717) is 46.6 Å². The molecule has 1 aromatic heterocycles. The van der Waals surface area contributed by atoms with Crippen LogP contribution in [0.5, 0.6) is 23.0 Å². The van der Waals surface area contributed by atoms with Gasteiger partial charge in [0.05, 0.1) is 34.1 Å². The first-order valence-electron chi connectivity index (χ1n) is 11.2. The maximum Gasteiger partial charge on any atom is 0.291 e. The lowest BCUT2D eigenvalue weighted by molar-refractivity contribution is 0.0940. The average Bonchev–Trinajstić information content (AvgIpc) is 3.37. The Labute approximate surface area is 209 Å². The molecule has 36 heavy (non-hydrogen) atoms. The van der Waals surface area contributed by atoms with Crippen molar-refractivity contribution in [1.29, 1.82) is 0 Å². The van der Waals surface area contributed by atoms with Crippen molar-refractivity contribution in [3.05, 3.63) is 77.6 Å². The number of aromatic nitrogens is 3. The number of rotatable bonds is 9. The van der Waals surface area contributed by atoms with Crippen LogP contribution in [-0.4, -0.2) is 49.1 Å². The summed E-state index contributed by atoms with van der Waals surface area (Å²) in [6, 6.07) is 18.7. The molecule has 0 spiro atoms. The van der Waals surface area contributed by atoms with Gasteiger partial charge in [0.2, 0.25) is 11.6 Å². The molecule has 0 fully saturated rings. The first-order valence-corrected chi connectivity index (χ1v) is 11.2. The minimum Gasteiger partial charge on any atom is -0.497 e. The molecule has 0 aliphatic rings. The van der Waals surface area contributed by atoms with Gasteiger partial charge in [-0.15, -0.1) is 5.10 Å². The monoisotopic (exact) mass is 488 g/mol. The molecular formula is C27H28N4O5. The third kappa shape index (κ3) is 4.95. The summed E-state index contributed by atoms with van der Waals surface area (Å²) < 4.78 is 23.4. The maximum atomic E-state index is 13.1. The summed E-state index contributed by atoms with van der Waals surface area (Å²) in [5.41, 5.74) is 3.40. The number of hydrogen-bond donors (Lipinski definition) is 1. The fourth-order valence-electron chi connectivity index (χ4n) is 3.79. The number of carbonyl (C=O) groups is 1. The Morgan fingerprint density at radius 3 is 2.25 bits per heavy atom. The molecule has 0 radical (unpaired) electrons. The molecule has 9 nitrogen and oxygen atoms in total. The van der Waals surface area contributed by atoms with Crippen LogP contribution < -0.4 is 24.3 Å². The van der Waals surface area contributed by atoms with E-state index in [1.165, 1.54) is 21.3 Å². The Bertz CT molecular complexity index is 1360.